The molecule has 1 aliphatic rings. The first-order valence-electron chi connectivity index (χ1n) is 3.89. The number of hydrogen-bond acceptors (Lipinski definition) is 6. The highest BCUT2D eigenvalue weighted by molar-refractivity contribution is 5.73. The highest BCUT2D eigenvalue weighted by atomic mass is 16.7. The van der Waals surface area contributed by atoms with Crippen molar-refractivity contribution >= 4 is 12.4 Å². The molecule has 3 N–H and O–H groups in total. The lowest BCUT2D eigenvalue weighted by Crippen LogP contribution is -2.52. The predicted molar refractivity (Wildman–Crippen MR) is 40.1 cm³/mol. The smallest absolute Gasteiger partial charge is 0.335 e. The first-order valence-corrected chi connectivity index (χ1v) is 3.89. The van der Waals surface area contributed by atoms with Crippen molar-refractivity contribution in [2.45, 2.75) is 31.0 Å². The molecule has 0 bridgehead atoms. The Bertz CT molecular complexity index is 228. The molecule has 0 aromatic rings. The average Bonchev–Trinajstić information content (AvgIpc) is 2.11. The maximum atomic E-state index is 10.5. The van der Waals surface area contributed by atoms with Crippen LogP contribution in [0.3, 0.4) is 0 Å². The summed E-state index contributed by atoms with van der Waals surface area (Å²) >= 11 is 0. The summed E-state index contributed by atoms with van der Waals surface area (Å²) in [4.78, 5) is 20.5. The van der Waals surface area contributed by atoms with E-state index in [1.54, 1.807) is 0 Å². The van der Waals surface area contributed by atoms with Crippen LogP contribution in [-0.4, -0.2) is 52.4 Å². The highest BCUT2D eigenvalue weighted by Crippen LogP contribution is 2.20. The molecule has 1 heterocycles. The third-order valence-electron chi connectivity index (χ3n) is 1.89. The summed E-state index contributed by atoms with van der Waals surface area (Å²) in [6, 6.07) is 0. The summed E-state index contributed by atoms with van der Waals surface area (Å²) < 4.78 is 9.05. The molecule has 1 saturated heterocycles. The first kappa shape index (κ1) is 10.9. The number of aliphatic carboxylic acids is 1. The molecule has 0 aromatic heterocycles. The van der Waals surface area contributed by atoms with Crippen molar-refractivity contribution in [3.05, 3.63) is 0 Å². The Morgan fingerprint density at radius 1 is 1.50 bits per heavy atom. The maximum Gasteiger partial charge on any atom is 0.335 e. The molecule has 7 nitrogen and oxygen atoms in total. The molecule has 1 fully saturated rings. The zero-order valence-corrected chi connectivity index (χ0v) is 7.07. The van der Waals surface area contributed by atoms with E-state index in [9.17, 15) is 19.8 Å². The minimum absolute atomic E-state index is 0.0913. The molecule has 0 aromatic carbocycles. The lowest BCUT2D eigenvalue weighted by molar-refractivity contribution is -0.242. The summed E-state index contributed by atoms with van der Waals surface area (Å²) in [6.45, 7) is 0.0913. The highest BCUT2D eigenvalue weighted by Gasteiger charge is 2.41. The monoisotopic (exact) mass is 206 g/mol. The van der Waals surface area contributed by atoms with Crippen molar-refractivity contribution in [2.24, 2.45) is 0 Å². The summed E-state index contributed by atoms with van der Waals surface area (Å²) in [5.74, 6) is -1.42. The Morgan fingerprint density at radius 3 is 2.64 bits per heavy atom. The van der Waals surface area contributed by atoms with E-state index in [0.29, 0.717) is 0 Å². The summed E-state index contributed by atoms with van der Waals surface area (Å²) in [5, 5.41) is 27.0. The van der Waals surface area contributed by atoms with Crippen molar-refractivity contribution < 1.29 is 34.4 Å². The normalized spacial score (nSPS) is 37.6. The van der Waals surface area contributed by atoms with Crippen LogP contribution in [-0.2, 0) is 19.1 Å². The van der Waals surface area contributed by atoms with Gasteiger partial charge in [0.25, 0.3) is 6.47 Å². The van der Waals surface area contributed by atoms with Crippen LogP contribution in [0.2, 0.25) is 0 Å². The second kappa shape index (κ2) is 4.36. The number of carboxylic acid groups (broad SMARTS) is 1. The number of carbonyl (C=O) groups excluding carboxylic acids is 1. The number of aliphatic hydroxyl groups is 2. The van der Waals surface area contributed by atoms with Gasteiger partial charge in [-0.3, -0.25) is 4.79 Å². The molecule has 0 saturated carbocycles. The van der Waals surface area contributed by atoms with Gasteiger partial charge in [-0.25, -0.2) is 4.79 Å². The molecule has 1 aliphatic heterocycles. The van der Waals surface area contributed by atoms with Crippen molar-refractivity contribution in [3.8, 4) is 0 Å². The van der Waals surface area contributed by atoms with Crippen LogP contribution in [0.5, 0.6) is 0 Å². The van der Waals surface area contributed by atoms with Gasteiger partial charge in [-0.1, -0.05) is 0 Å². The van der Waals surface area contributed by atoms with Crippen molar-refractivity contribution in [2.75, 3.05) is 0 Å². The van der Waals surface area contributed by atoms with Gasteiger partial charge in [-0.2, -0.15) is 0 Å². The number of ether oxygens (including phenoxy) is 2. The van der Waals surface area contributed by atoms with E-state index in [0.717, 1.165) is 0 Å². The van der Waals surface area contributed by atoms with Gasteiger partial charge in [0.1, 0.15) is 6.10 Å². The molecule has 7 heteroatoms. The third kappa shape index (κ3) is 2.19. The van der Waals surface area contributed by atoms with Gasteiger partial charge in [0.15, 0.2) is 6.10 Å². The molecule has 0 radical (unpaired) electrons. The minimum Gasteiger partial charge on any atom is -0.479 e. The van der Waals surface area contributed by atoms with E-state index >= 15 is 0 Å². The SMILES string of the molecule is O=CO[C@@H]1CC(O)[C@H](O)C(C(=O)O)O1. The molecule has 4 atom stereocenters. The molecule has 0 aliphatic carbocycles. The quantitative estimate of drug-likeness (QED) is 0.461. The van der Waals surface area contributed by atoms with Crippen LogP contribution in [0.15, 0.2) is 0 Å². The van der Waals surface area contributed by atoms with E-state index in [-0.39, 0.29) is 12.9 Å². The zero-order chi connectivity index (χ0) is 10.7. The number of carboxylic acids is 1. The van der Waals surface area contributed by atoms with Crippen LogP contribution in [0.4, 0.5) is 0 Å². The fraction of sp³-hybridized carbons (Fsp3) is 0.714. The number of carbonyl (C=O) groups is 2. The van der Waals surface area contributed by atoms with Crippen molar-refractivity contribution in [3.63, 3.8) is 0 Å². The third-order valence-corrected chi connectivity index (χ3v) is 1.89. The standard InChI is InChI=1S/C7H10O7/c8-2-13-4-1-3(9)5(10)6(14-4)7(11)12/h2-6,9-10H,1H2,(H,11,12)/t3?,4-,5-,6?/m0/s1. The Labute approximate surface area is 78.9 Å². The van der Waals surface area contributed by atoms with Gasteiger partial charge in [0.05, 0.1) is 6.10 Å². The van der Waals surface area contributed by atoms with Gasteiger partial charge in [0.2, 0.25) is 6.29 Å². The van der Waals surface area contributed by atoms with E-state index in [1.165, 1.54) is 0 Å². The molecule has 1 rings (SSSR count). The lowest BCUT2D eigenvalue weighted by atomic mass is 10.0. The molecular weight excluding hydrogens is 196 g/mol. The molecule has 0 amide bonds. The van der Waals surface area contributed by atoms with Crippen LogP contribution in [0, 0.1) is 0 Å². The second-order valence-electron chi connectivity index (χ2n) is 2.85. The van der Waals surface area contributed by atoms with Crippen LogP contribution in [0.1, 0.15) is 6.42 Å². The first-order chi connectivity index (χ1) is 6.56. The molecular formula is C7H10O7. The Kier molecular flexibility index (Phi) is 3.39. The molecule has 80 valence electrons. The van der Waals surface area contributed by atoms with E-state index < -0.39 is 30.6 Å². The largest absolute Gasteiger partial charge is 0.479 e. The van der Waals surface area contributed by atoms with Gasteiger partial charge in [-0.05, 0) is 0 Å². The summed E-state index contributed by atoms with van der Waals surface area (Å²) in [5.41, 5.74) is 0. The fourth-order valence-corrected chi connectivity index (χ4v) is 1.19. The van der Waals surface area contributed by atoms with Gasteiger partial charge in [0, 0.05) is 6.42 Å². The number of rotatable bonds is 3. The fourth-order valence-electron chi connectivity index (χ4n) is 1.19. The van der Waals surface area contributed by atoms with Gasteiger partial charge >= 0.3 is 5.97 Å². The van der Waals surface area contributed by atoms with Crippen LogP contribution in [0.25, 0.3) is 0 Å². The van der Waals surface area contributed by atoms with E-state index in [1.807, 2.05) is 0 Å². The Hall–Kier alpha value is -1.18. The molecule has 2 unspecified atom stereocenters. The van der Waals surface area contributed by atoms with Crippen LogP contribution >= 0.6 is 0 Å². The van der Waals surface area contributed by atoms with E-state index in [4.69, 9.17) is 9.84 Å². The van der Waals surface area contributed by atoms with Crippen molar-refractivity contribution in [1.29, 1.82) is 0 Å². The predicted octanol–water partition coefficient (Wildman–Crippen LogP) is -1.92. The summed E-state index contributed by atoms with van der Waals surface area (Å²) in [7, 11) is 0. The Balaban J connectivity index is 2.65. The number of hydrogen-bond donors (Lipinski definition) is 3. The Morgan fingerprint density at radius 2 is 2.14 bits per heavy atom. The average molecular weight is 206 g/mol. The topological polar surface area (TPSA) is 113 Å². The maximum absolute atomic E-state index is 10.5. The molecule has 14 heavy (non-hydrogen) atoms. The van der Waals surface area contributed by atoms with E-state index in [2.05, 4.69) is 4.74 Å². The lowest BCUT2D eigenvalue weighted by Gasteiger charge is -2.33. The van der Waals surface area contributed by atoms with Gasteiger partial charge < -0.3 is 24.8 Å². The van der Waals surface area contributed by atoms with Gasteiger partial charge in [-0.15, -0.1) is 0 Å². The van der Waals surface area contributed by atoms with Crippen LogP contribution < -0.4 is 0 Å². The number of aliphatic hydroxyl groups excluding tert-OH is 2. The second-order valence-corrected chi connectivity index (χ2v) is 2.85. The molecule has 0 spiro atoms. The minimum atomic E-state index is -1.58. The van der Waals surface area contributed by atoms with Crippen molar-refractivity contribution in [1.82, 2.24) is 0 Å². The summed E-state index contributed by atoms with van der Waals surface area (Å²) in [6.07, 6.45) is -5.66. The zero-order valence-electron chi connectivity index (χ0n) is 7.07.